The lowest BCUT2D eigenvalue weighted by Crippen LogP contribution is -2.47. The average Bonchev–Trinajstić information content (AvgIpc) is 3.84. The number of hydrogen-bond donors (Lipinski definition) is 6. The molecule has 1 aromatic rings. The Morgan fingerprint density at radius 1 is 0.575 bits per heavy atom. The fourth-order valence-electron chi connectivity index (χ4n) is 7.80. The predicted octanol–water partition coefficient (Wildman–Crippen LogP) is 4.29. The van der Waals surface area contributed by atoms with Gasteiger partial charge in [0.1, 0.15) is 36.2 Å². The van der Waals surface area contributed by atoms with Crippen LogP contribution in [0, 0.1) is 5.92 Å². The molecular weight excluding hydrogens is 1140 g/mol. The van der Waals surface area contributed by atoms with Crippen molar-refractivity contribution in [1.29, 1.82) is 0 Å². The molecule has 0 radical (unpaired) electrons. The van der Waals surface area contributed by atoms with E-state index in [4.69, 9.17) is 56.8 Å². The maximum absolute atomic E-state index is 12.8. The molecule has 7 amide bonds. The number of unbranched alkanes of at least 4 members (excludes halogenated alkanes) is 2. The molecule has 1 aliphatic heterocycles. The van der Waals surface area contributed by atoms with Gasteiger partial charge in [-0.05, 0) is 104 Å². The SMILES string of the molecule is CCCCNC(=O)[C@H](CCCCNC(=O)COCCOCCOCCOCCOCCOCCOCCOCCOCCOC(=O)Nc1cc(C[C@@H](CC(C)C(=O)OC(C)(C)C)NC(=O)OC(C)(C)C)ccc1O)NC(=O)CCCN1C(=O)C=CC1=O. The van der Waals surface area contributed by atoms with Gasteiger partial charge in [-0.25, -0.2) is 9.59 Å². The van der Waals surface area contributed by atoms with Crippen LogP contribution in [0.2, 0.25) is 0 Å². The van der Waals surface area contributed by atoms with E-state index >= 15 is 0 Å². The van der Waals surface area contributed by atoms with E-state index in [0.29, 0.717) is 130 Å². The van der Waals surface area contributed by atoms with Crippen molar-refractivity contribution in [2.75, 3.05) is 150 Å². The number of amides is 7. The lowest BCUT2D eigenvalue weighted by molar-refractivity contribution is -0.159. The number of hydrogen-bond acceptors (Lipinski definition) is 21. The summed E-state index contributed by atoms with van der Waals surface area (Å²) in [5, 5.41) is 24.2. The molecule has 3 atom stereocenters. The molecule has 0 spiro atoms. The number of nitrogens with zero attached hydrogens (tertiary/aromatic N) is 1. The zero-order valence-corrected chi connectivity index (χ0v) is 52.6. The number of alkyl carbamates (subject to hydrolysis) is 1. The molecular formula is C60H100N6O21. The number of carbonyl (C=O) groups excluding carboxylic acids is 8. The largest absolute Gasteiger partial charge is 0.506 e. The number of nitrogens with one attached hydrogen (secondary N) is 5. The fraction of sp³-hybridized carbons (Fsp3) is 0.733. The predicted molar refractivity (Wildman–Crippen MR) is 319 cm³/mol. The van der Waals surface area contributed by atoms with Crippen LogP contribution in [0.25, 0.3) is 0 Å². The van der Waals surface area contributed by atoms with E-state index < -0.39 is 59.2 Å². The Labute approximate surface area is 512 Å². The molecule has 0 fully saturated rings. The van der Waals surface area contributed by atoms with Gasteiger partial charge in [0.2, 0.25) is 17.7 Å². The molecule has 0 bridgehead atoms. The van der Waals surface area contributed by atoms with E-state index in [1.54, 1.807) is 60.6 Å². The van der Waals surface area contributed by atoms with Crippen molar-refractivity contribution >= 4 is 53.4 Å². The van der Waals surface area contributed by atoms with E-state index in [2.05, 4.69) is 26.6 Å². The Morgan fingerprint density at radius 3 is 1.57 bits per heavy atom. The molecule has 87 heavy (non-hydrogen) atoms. The maximum Gasteiger partial charge on any atom is 0.411 e. The van der Waals surface area contributed by atoms with E-state index in [1.807, 2.05) is 6.92 Å². The summed E-state index contributed by atoms with van der Waals surface area (Å²) in [5.74, 6) is -2.86. The molecule has 496 valence electrons. The first-order chi connectivity index (χ1) is 41.6. The van der Waals surface area contributed by atoms with Crippen LogP contribution >= 0.6 is 0 Å². The Hall–Kier alpha value is -6.04. The third kappa shape index (κ3) is 40.9. The summed E-state index contributed by atoms with van der Waals surface area (Å²) in [5.41, 5.74) is -0.652. The van der Waals surface area contributed by atoms with Gasteiger partial charge in [-0.15, -0.1) is 0 Å². The minimum absolute atomic E-state index is 0.0501. The van der Waals surface area contributed by atoms with Crippen molar-refractivity contribution in [2.45, 2.75) is 136 Å². The number of phenols is 1. The monoisotopic (exact) mass is 1240 g/mol. The molecule has 1 aliphatic rings. The molecule has 0 saturated carbocycles. The van der Waals surface area contributed by atoms with Crippen LogP contribution in [-0.2, 0) is 92.0 Å². The number of anilines is 1. The van der Waals surface area contributed by atoms with Crippen molar-refractivity contribution < 1.29 is 100 Å². The number of benzene rings is 1. The number of esters is 1. The lowest BCUT2D eigenvalue weighted by Gasteiger charge is -2.27. The average molecular weight is 1240 g/mol. The van der Waals surface area contributed by atoms with Crippen molar-refractivity contribution in [2.24, 2.45) is 5.92 Å². The summed E-state index contributed by atoms with van der Waals surface area (Å²) in [6.07, 6.45) is 5.02. The van der Waals surface area contributed by atoms with Gasteiger partial charge < -0.3 is 83.2 Å². The molecule has 2 rings (SSSR count). The van der Waals surface area contributed by atoms with Gasteiger partial charge in [-0.3, -0.25) is 39.0 Å². The van der Waals surface area contributed by atoms with Crippen molar-refractivity contribution in [3.63, 3.8) is 0 Å². The molecule has 1 aromatic carbocycles. The van der Waals surface area contributed by atoms with Gasteiger partial charge in [0.05, 0.1) is 124 Å². The lowest BCUT2D eigenvalue weighted by atomic mass is 9.95. The Kier molecular flexibility index (Phi) is 40.9. The number of aromatic hydroxyl groups is 1. The van der Waals surface area contributed by atoms with Crippen LogP contribution in [0.4, 0.5) is 15.3 Å². The first kappa shape index (κ1) is 77.1. The van der Waals surface area contributed by atoms with Crippen molar-refractivity contribution in [1.82, 2.24) is 26.2 Å². The van der Waals surface area contributed by atoms with Gasteiger partial charge in [0, 0.05) is 44.2 Å². The highest BCUT2D eigenvalue weighted by molar-refractivity contribution is 6.12. The second-order valence-corrected chi connectivity index (χ2v) is 22.2. The highest BCUT2D eigenvalue weighted by atomic mass is 16.6. The third-order valence-corrected chi connectivity index (χ3v) is 12.0. The van der Waals surface area contributed by atoms with Gasteiger partial charge in [0.15, 0.2) is 0 Å². The van der Waals surface area contributed by atoms with Crippen molar-refractivity contribution in [3.8, 4) is 5.75 Å². The molecule has 1 heterocycles. The molecule has 27 heteroatoms. The van der Waals surface area contributed by atoms with Crippen LogP contribution < -0.4 is 26.6 Å². The van der Waals surface area contributed by atoms with Gasteiger partial charge in [-0.2, -0.15) is 0 Å². The standard InChI is InChI=1S/C60H100N6O21/c1-9-10-20-62-55(72)48(64-51(68)15-13-22-66-53(70)18-19-54(66)71)14-11-12-21-61-52(69)44-84-38-37-82-34-33-80-30-29-78-26-25-76-23-24-77-27-28-79-31-32-81-35-36-83-39-40-85-57(74)65-49-43-46(16-17-50(49)67)42-47(63-58(75)87-60(6,7)8)41-45(2)56(73)86-59(3,4)5/h16-19,43,45,47-48,67H,9-15,20-42,44H2,1-8H3,(H,61,69)(H,62,72)(H,63,75)(H,64,68)(H,65,74)/t45?,47-,48+/m1/s1. The summed E-state index contributed by atoms with van der Waals surface area (Å²) in [4.78, 5) is 100. The van der Waals surface area contributed by atoms with E-state index in [-0.39, 0.29) is 94.4 Å². The van der Waals surface area contributed by atoms with Gasteiger partial charge in [0.25, 0.3) is 11.8 Å². The molecule has 27 nitrogen and oxygen atoms in total. The van der Waals surface area contributed by atoms with E-state index in [1.165, 1.54) is 18.2 Å². The van der Waals surface area contributed by atoms with E-state index in [0.717, 1.165) is 17.7 Å². The van der Waals surface area contributed by atoms with Crippen LogP contribution in [0.15, 0.2) is 30.4 Å². The number of phenolic OH excluding ortho intramolecular Hbond substituents is 1. The smallest absolute Gasteiger partial charge is 0.411 e. The molecule has 0 aromatic heterocycles. The Bertz CT molecular complexity index is 2170. The molecule has 0 saturated heterocycles. The van der Waals surface area contributed by atoms with Crippen molar-refractivity contribution in [3.05, 3.63) is 35.9 Å². The highest BCUT2D eigenvalue weighted by Crippen LogP contribution is 2.26. The Balaban J connectivity index is 1.38. The highest BCUT2D eigenvalue weighted by Gasteiger charge is 2.28. The first-order valence-electron chi connectivity index (χ1n) is 30.1. The number of ether oxygens (including phenoxy) is 12. The summed E-state index contributed by atoms with van der Waals surface area (Å²) >= 11 is 0. The summed E-state index contributed by atoms with van der Waals surface area (Å²) in [6, 6.07) is 3.34. The topological polar surface area (TPSA) is 331 Å². The fourth-order valence-corrected chi connectivity index (χ4v) is 7.80. The number of rotatable bonds is 50. The van der Waals surface area contributed by atoms with E-state index in [9.17, 15) is 43.5 Å². The third-order valence-electron chi connectivity index (χ3n) is 12.0. The summed E-state index contributed by atoms with van der Waals surface area (Å²) in [6.45, 7) is 21.0. The number of carbonyl (C=O) groups is 8. The van der Waals surface area contributed by atoms with Crippen LogP contribution in [-0.4, -0.2) is 226 Å². The summed E-state index contributed by atoms with van der Waals surface area (Å²) in [7, 11) is 0. The van der Waals surface area contributed by atoms with Crippen LogP contribution in [0.3, 0.4) is 0 Å². The first-order valence-corrected chi connectivity index (χ1v) is 30.1. The minimum atomic E-state index is -0.803. The van der Waals surface area contributed by atoms with Crippen LogP contribution in [0.1, 0.15) is 112 Å². The van der Waals surface area contributed by atoms with Crippen LogP contribution in [0.5, 0.6) is 5.75 Å². The molecule has 0 aliphatic carbocycles. The second kappa shape index (κ2) is 46.1. The van der Waals surface area contributed by atoms with Gasteiger partial charge in [-0.1, -0.05) is 26.3 Å². The summed E-state index contributed by atoms with van der Waals surface area (Å²) < 4.78 is 65.6. The zero-order chi connectivity index (χ0) is 64.1. The quantitative estimate of drug-likeness (QED) is 0.0174. The maximum atomic E-state index is 12.8. The number of imide groups is 1. The minimum Gasteiger partial charge on any atom is -0.506 e. The van der Waals surface area contributed by atoms with Gasteiger partial charge >= 0.3 is 18.2 Å². The zero-order valence-electron chi connectivity index (χ0n) is 52.6. The molecule has 6 N–H and O–H groups in total. The second-order valence-electron chi connectivity index (χ2n) is 22.2. The Morgan fingerprint density at radius 2 is 1.07 bits per heavy atom. The molecule has 1 unspecified atom stereocenters. The normalized spacial score (nSPS) is 13.4.